The van der Waals surface area contributed by atoms with Crippen molar-refractivity contribution in [2.24, 2.45) is 0 Å². The van der Waals surface area contributed by atoms with Gasteiger partial charge in [0, 0.05) is 18.5 Å². The number of aryl methyl sites for hydroxylation is 1. The number of nitrogens with one attached hydrogen (secondary N) is 1. The van der Waals surface area contributed by atoms with Crippen molar-refractivity contribution < 1.29 is 14.9 Å². The fraction of sp³-hybridized carbons (Fsp3) is 0.400. The van der Waals surface area contributed by atoms with Crippen LogP contribution in [0.5, 0.6) is 0 Å². The van der Waals surface area contributed by atoms with Crippen molar-refractivity contribution in [2.45, 2.75) is 12.8 Å². The topological polar surface area (TPSA) is 87.7 Å². The summed E-state index contributed by atoms with van der Waals surface area (Å²) in [6, 6.07) is 5.17. The molecule has 1 atom stereocenters. The second kappa shape index (κ2) is 4.48. The van der Waals surface area contributed by atoms with Crippen molar-refractivity contribution in [3.8, 4) is 0 Å². The number of nitrogens with two attached hydrogens (primary N) is 1. The number of ether oxygens (including phenoxy) is 1. The van der Waals surface area contributed by atoms with E-state index in [0.29, 0.717) is 11.4 Å². The Balaban J connectivity index is 2.85. The lowest BCUT2D eigenvalue weighted by Crippen LogP contribution is -2.43. The Bertz CT molecular complexity index is 337. The van der Waals surface area contributed by atoms with Crippen LogP contribution < -0.4 is 11.1 Å². The summed E-state index contributed by atoms with van der Waals surface area (Å²) in [4.78, 5) is 0. The third-order valence-corrected chi connectivity index (χ3v) is 2.16. The van der Waals surface area contributed by atoms with E-state index in [0.717, 1.165) is 5.56 Å². The molecule has 1 unspecified atom stereocenters. The summed E-state index contributed by atoms with van der Waals surface area (Å²) in [7, 11) is 1.30. The largest absolute Gasteiger partial charge is 0.399 e. The van der Waals surface area contributed by atoms with Gasteiger partial charge in [0.05, 0.1) is 0 Å². The summed E-state index contributed by atoms with van der Waals surface area (Å²) in [6.45, 7) is 1.30. The van der Waals surface area contributed by atoms with Gasteiger partial charge in [0.25, 0.3) is 5.91 Å². The van der Waals surface area contributed by atoms with Gasteiger partial charge in [0.2, 0.25) is 0 Å². The molecule has 0 radical (unpaired) electrons. The third kappa shape index (κ3) is 2.82. The highest BCUT2D eigenvalue weighted by molar-refractivity contribution is 5.57. The van der Waals surface area contributed by atoms with Crippen LogP contribution in [-0.4, -0.2) is 29.8 Å². The maximum atomic E-state index is 9.63. The van der Waals surface area contributed by atoms with Crippen LogP contribution in [-0.2, 0) is 4.74 Å². The molecule has 0 saturated carbocycles. The van der Waals surface area contributed by atoms with E-state index in [1.54, 1.807) is 18.2 Å². The van der Waals surface area contributed by atoms with Gasteiger partial charge in [-0.25, -0.2) is 0 Å². The summed E-state index contributed by atoms with van der Waals surface area (Å²) in [5.41, 5.74) is 7.83. The maximum absolute atomic E-state index is 9.63. The van der Waals surface area contributed by atoms with Crippen molar-refractivity contribution in [1.82, 2.24) is 0 Å². The number of aliphatic hydroxyl groups excluding tert-OH is 1. The van der Waals surface area contributed by atoms with Gasteiger partial charge in [-0.15, -0.1) is 0 Å². The third-order valence-electron chi connectivity index (χ3n) is 2.16. The predicted molar refractivity (Wildman–Crippen MR) is 58.3 cm³/mol. The maximum Gasteiger partial charge on any atom is 0.270 e. The van der Waals surface area contributed by atoms with Crippen molar-refractivity contribution in [1.29, 1.82) is 0 Å². The average molecular weight is 212 g/mol. The summed E-state index contributed by atoms with van der Waals surface area (Å²) >= 11 is 0. The number of methoxy groups -OCH3 is 1. The van der Waals surface area contributed by atoms with Crippen LogP contribution in [0.3, 0.4) is 0 Å². The molecule has 0 aliphatic rings. The second-order valence-corrected chi connectivity index (χ2v) is 3.34. The average Bonchev–Trinajstić information content (AvgIpc) is 2.23. The monoisotopic (exact) mass is 212 g/mol. The molecule has 1 aromatic rings. The van der Waals surface area contributed by atoms with E-state index < -0.39 is 12.5 Å². The van der Waals surface area contributed by atoms with Crippen LogP contribution in [0, 0.1) is 6.92 Å². The van der Waals surface area contributed by atoms with Gasteiger partial charge < -0.3 is 26.0 Å². The fourth-order valence-corrected chi connectivity index (χ4v) is 1.13. The SMILES string of the molecule is COC(O)(CO)Nc1ccc(N)c(C)c1. The molecular formula is C10H16N2O3. The van der Waals surface area contributed by atoms with Gasteiger partial charge >= 0.3 is 0 Å². The molecule has 0 aliphatic carbocycles. The quantitative estimate of drug-likeness (QED) is 0.425. The van der Waals surface area contributed by atoms with Gasteiger partial charge in [-0.3, -0.25) is 0 Å². The summed E-state index contributed by atoms with van der Waals surface area (Å²) in [6.07, 6.45) is 0. The molecule has 15 heavy (non-hydrogen) atoms. The van der Waals surface area contributed by atoms with Crippen molar-refractivity contribution >= 4 is 11.4 Å². The van der Waals surface area contributed by atoms with E-state index >= 15 is 0 Å². The first-order chi connectivity index (χ1) is 7.00. The van der Waals surface area contributed by atoms with Gasteiger partial charge in [0.15, 0.2) is 0 Å². The minimum absolute atomic E-state index is 0.549. The smallest absolute Gasteiger partial charge is 0.270 e. The first-order valence-corrected chi connectivity index (χ1v) is 4.53. The first kappa shape index (κ1) is 11.8. The Hall–Kier alpha value is -1.30. The Morgan fingerprint density at radius 2 is 2.20 bits per heavy atom. The van der Waals surface area contributed by atoms with E-state index in [9.17, 15) is 5.11 Å². The molecule has 0 amide bonds. The first-order valence-electron chi connectivity index (χ1n) is 4.53. The molecule has 0 saturated heterocycles. The van der Waals surface area contributed by atoms with Crippen molar-refractivity contribution in [3.05, 3.63) is 23.8 Å². The molecule has 0 bridgehead atoms. The van der Waals surface area contributed by atoms with E-state index in [1.165, 1.54) is 7.11 Å². The minimum Gasteiger partial charge on any atom is -0.399 e. The van der Waals surface area contributed by atoms with Crippen molar-refractivity contribution in [3.63, 3.8) is 0 Å². The zero-order valence-electron chi connectivity index (χ0n) is 8.82. The number of hydrogen-bond donors (Lipinski definition) is 4. The number of benzene rings is 1. The lowest BCUT2D eigenvalue weighted by Gasteiger charge is -2.26. The zero-order valence-corrected chi connectivity index (χ0v) is 8.82. The van der Waals surface area contributed by atoms with Gasteiger partial charge in [0.1, 0.15) is 6.61 Å². The molecule has 1 rings (SSSR count). The molecule has 0 fully saturated rings. The Morgan fingerprint density at radius 3 is 2.67 bits per heavy atom. The predicted octanol–water partition coefficient (Wildman–Crippen LogP) is 0.274. The van der Waals surface area contributed by atoms with E-state index in [-0.39, 0.29) is 0 Å². The molecule has 5 heteroatoms. The van der Waals surface area contributed by atoms with Gasteiger partial charge in [-0.2, -0.15) is 0 Å². The Labute approximate surface area is 88.5 Å². The van der Waals surface area contributed by atoms with E-state index in [4.69, 9.17) is 15.6 Å². The lowest BCUT2D eigenvalue weighted by molar-refractivity contribution is -0.186. The molecule has 5 N–H and O–H groups in total. The molecular weight excluding hydrogens is 196 g/mol. The normalized spacial score (nSPS) is 14.7. The number of anilines is 2. The van der Waals surface area contributed by atoms with Crippen LogP contribution in [0.4, 0.5) is 11.4 Å². The van der Waals surface area contributed by atoms with Crippen LogP contribution in [0.15, 0.2) is 18.2 Å². The molecule has 84 valence electrons. The van der Waals surface area contributed by atoms with Crippen LogP contribution in [0.2, 0.25) is 0 Å². The summed E-state index contributed by atoms with van der Waals surface area (Å²) < 4.78 is 4.72. The number of aliphatic hydroxyl groups is 2. The highest BCUT2D eigenvalue weighted by atomic mass is 16.6. The van der Waals surface area contributed by atoms with E-state index in [1.807, 2.05) is 6.92 Å². The second-order valence-electron chi connectivity index (χ2n) is 3.34. The zero-order chi connectivity index (χ0) is 11.5. The standard InChI is InChI=1S/C10H16N2O3/c1-7-5-8(3-4-9(7)11)12-10(14,6-13)15-2/h3-5,12-14H,6,11H2,1-2H3. The minimum atomic E-state index is -1.76. The molecule has 1 aromatic carbocycles. The highest BCUT2D eigenvalue weighted by Gasteiger charge is 2.24. The summed E-state index contributed by atoms with van der Waals surface area (Å²) in [5, 5.41) is 21.2. The fourth-order valence-electron chi connectivity index (χ4n) is 1.13. The number of hydrogen-bond acceptors (Lipinski definition) is 5. The lowest BCUT2D eigenvalue weighted by atomic mass is 10.2. The van der Waals surface area contributed by atoms with Crippen LogP contribution in [0.1, 0.15) is 5.56 Å². The molecule has 5 nitrogen and oxygen atoms in total. The van der Waals surface area contributed by atoms with Gasteiger partial charge in [-0.1, -0.05) is 0 Å². The molecule has 0 spiro atoms. The molecule has 0 aliphatic heterocycles. The highest BCUT2D eigenvalue weighted by Crippen LogP contribution is 2.19. The number of rotatable bonds is 4. The van der Waals surface area contributed by atoms with Crippen LogP contribution >= 0.6 is 0 Å². The van der Waals surface area contributed by atoms with E-state index in [2.05, 4.69) is 5.32 Å². The Kier molecular flexibility index (Phi) is 3.52. The molecule has 0 heterocycles. The Morgan fingerprint density at radius 1 is 1.53 bits per heavy atom. The molecule has 0 aromatic heterocycles. The van der Waals surface area contributed by atoms with Crippen molar-refractivity contribution in [2.75, 3.05) is 24.8 Å². The van der Waals surface area contributed by atoms with Crippen LogP contribution in [0.25, 0.3) is 0 Å². The summed E-state index contributed by atoms with van der Waals surface area (Å²) in [5.74, 6) is -1.76. The van der Waals surface area contributed by atoms with Gasteiger partial charge in [-0.05, 0) is 30.7 Å². The number of nitrogen functional groups attached to an aromatic ring is 1.